The van der Waals surface area contributed by atoms with E-state index in [1.807, 2.05) is 44.2 Å². The zero-order valence-electron chi connectivity index (χ0n) is 15.9. The summed E-state index contributed by atoms with van der Waals surface area (Å²) in [6.45, 7) is 3.80. The Morgan fingerprint density at radius 1 is 1.15 bits per heavy atom. The van der Waals surface area contributed by atoms with E-state index in [0.29, 0.717) is 6.42 Å². The van der Waals surface area contributed by atoms with Crippen LogP contribution in [0.15, 0.2) is 30.3 Å². The standard InChI is InChI=1S/C19H28N2O6/c1-13(2)9-16(18(24)26-3)21-17(23)10-15(22)11-20-19(25)27-12-14-7-5-4-6-8-14/h4-8,13,15-16,22H,9-12H2,1-3H3,(H,20,25)(H,21,23)/t15-,16-/m1/s1. The Morgan fingerprint density at radius 2 is 1.81 bits per heavy atom. The van der Waals surface area contributed by atoms with Gasteiger partial charge >= 0.3 is 12.1 Å². The van der Waals surface area contributed by atoms with Crippen LogP contribution in [-0.2, 0) is 25.7 Å². The molecule has 0 aliphatic heterocycles. The van der Waals surface area contributed by atoms with Crippen LogP contribution in [0, 0.1) is 5.92 Å². The topological polar surface area (TPSA) is 114 Å². The zero-order valence-corrected chi connectivity index (χ0v) is 15.9. The summed E-state index contributed by atoms with van der Waals surface area (Å²) >= 11 is 0. The van der Waals surface area contributed by atoms with Crippen molar-refractivity contribution in [2.45, 2.75) is 45.4 Å². The van der Waals surface area contributed by atoms with Gasteiger partial charge in [0.15, 0.2) is 0 Å². The lowest BCUT2D eigenvalue weighted by Crippen LogP contribution is -2.44. The first-order valence-electron chi connectivity index (χ1n) is 8.81. The van der Waals surface area contributed by atoms with E-state index >= 15 is 0 Å². The lowest BCUT2D eigenvalue weighted by molar-refractivity contribution is -0.145. The number of methoxy groups -OCH3 is 1. The monoisotopic (exact) mass is 380 g/mol. The van der Waals surface area contributed by atoms with Crippen molar-refractivity contribution < 1.29 is 29.0 Å². The number of rotatable bonds is 10. The maximum atomic E-state index is 12.0. The largest absolute Gasteiger partial charge is 0.467 e. The summed E-state index contributed by atoms with van der Waals surface area (Å²) in [6.07, 6.45) is -1.62. The molecule has 0 saturated carbocycles. The van der Waals surface area contributed by atoms with Crippen LogP contribution >= 0.6 is 0 Å². The molecule has 2 atom stereocenters. The molecular weight excluding hydrogens is 352 g/mol. The zero-order chi connectivity index (χ0) is 20.2. The number of aliphatic hydroxyl groups excluding tert-OH is 1. The van der Waals surface area contributed by atoms with E-state index in [0.717, 1.165) is 5.56 Å². The van der Waals surface area contributed by atoms with E-state index in [2.05, 4.69) is 15.4 Å². The third-order valence-corrected chi connectivity index (χ3v) is 3.64. The molecular formula is C19H28N2O6. The van der Waals surface area contributed by atoms with Crippen molar-refractivity contribution in [1.29, 1.82) is 0 Å². The lowest BCUT2D eigenvalue weighted by Gasteiger charge is -2.19. The number of nitrogens with one attached hydrogen (secondary N) is 2. The first kappa shape index (κ1) is 22.4. The van der Waals surface area contributed by atoms with E-state index in [9.17, 15) is 19.5 Å². The summed E-state index contributed by atoms with van der Waals surface area (Å²) in [5.41, 5.74) is 0.839. The highest BCUT2D eigenvalue weighted by Gasteiger charge is 2.23. The number of alkyl carbamates (subject to hydrolysis) is 1. The van der Waals surface area contributed by atoms with Gasteiger partial charge in [-0.1, -0.05) is 44.2 Å². The van der Waals surface area contributed by atoms with Crippen LogP contribution in [-0.4, -0.2) is 48.9 Å². The van der Waals surface area contributed by atoms with Crippen molar-refractivity contribution in [3.63, 3.8) is 0 Å². The Hall–Kier alpha value is -2.61. The number of carbonyl (C=O) groups is 3. The maximum absolute atomic E-state index is 12.0. The number of hydrogen-bond acceptors (Lipinski definition) is 6. The molecule has 2 amide bonds. The number of carbonyl (C=O) groups excluding carboxylic acids is 3. The van der Waals surface area contributed by atoms with Crippen LogP contribution in [0.2, 0.25) is 0 Å². The predicted molar refractivity (Wildman–Crippen MR) is 98.7 cm³/mol. The van der Waals surface area contributed by atoms with Crippen LogP contribution in [0.3, 0.4) is 0 Å². The molecule has 8 nitrogen and oxygen atoms in total. The third kappa shape index (κ3) is 9.60. The number of amides is 2. The van der Waals surface area contributed by atoms with Gasteiger partial charge in [-0.15, -0.1) is 0 Å². The fourth-order valence-electron chi connectivity index (χ4n) is 2.34. The minimum Gasteiger partial charge on any atom is -0.467 e. The Kier molecular flexibility index (Phi) is 9.89. The minimum absolute atomic E-state index is 0.110. The quantitative estimate of drug-likeness (QED) is 0.528. The first-order chi connectivity index (χ1) is 12.8. The Bertz CT molecular complexity index is 605. The average Bonchev–Trinajstić information content (AvgIpc) is 2.63. The van der Waals surface area contributed by atoms with Gasteiger partial charge < -0.3 is 25.2 Å². The summed E-state index contributed by atoms with van der Waals surface area (Å²) in [4.78, 5) is 35.3. The molecule has 0 fully saturated rings. The second kappa shape index (κ2) is 11.9. The molecule has 0 aliphatic rings. The smallest absolute Gasteiger partial charge is 0.407 e. The molecule has 0 bridgehead atoms. The number of esters is 1. The summed E-state index contributed by atoms with van der Waals surface area (Å²) in [6, 6.07) is 8.40. The lowest BCUT2D eigenvalue weighted by atomic mass is 10.0. The average molecular weight is 380 g/mol. The molecule has 27 heavy (non-hydrogen) atoms. The molecule has 0 aliphatic carbocycles. The third-order valence-electron chi connectivity index (χ3n) is 3.64. The van der Waals surface area contributed by atoms with Crippen LogP contribution in [0.1, 0.15) is 32.3 Å². The molecule has 1 aromatic carbocycles. The Labute approximate surface area is 159 Å². The van der Waals surface area contributed by atoms with E-state index in [1.54, 1.807) is 0 Å². The maximum Gasteiger partial charge on any atom is 0.407 e. The van der Waals surface area contributed by atoms with Crippen LogP contribution < -0.4 is 10.6 Å². The van der Waals surface area contributed by atoms with Crippen molar-refractivity contribution in [3.05, 3.63) is 35.9 Å². The summed E-state index contributed by atoms with van der Waals surface area (Å²) in [5.74, 6) is -0.854. The van der Waals surface area contributed by atoms with E-state index in [4.69, 9.17) is 4.74 Å². The fourth-order valence-corrected chi connectivity index (χ4v) is 2.34. The molecule has 1 rings (SSSR count). The SMILES string of the molecule is COC(=O)[C@@H](CC(C)C)NC(=O)C[C@@H](O)CNC(=O)OCc1ccccc1. The van der Waals surface area contributed by atoms with Crippen LogP contribution in [0.25, 0.3) is 0 Å². The number of benzene rings is 1. The second-order valence-corrected chi connectivity index (χ2v) is 6.57. The van der Waals surface area contributed by atoms with Gasteiger partial charge in [-0.25, -0.2) is 9.59 Å². The molecule has 8 heteroatoms. The molecule has 0 radical (unpaired) electrons. The normalized spacial score (nSPS) is 12.8. The number of hydrogen-bond donors (Lipinski definition) is 3. The summed E-state index contributed by atoms with van der Waals surface area (Å²) in [5, 5.41) is 14.8. The predicted octanol–water partition coefficient (Wildman–Crippen LogP) is 1.37. The first-order valence-corrected chi connectivity index (χ1v) is 8.81. The van der Waals surface area contributed by atoms with Crippen molar-refractivity contribution in [2.24, 2.45) is 5.92 Å². The Morgan fingerprint density at radius 3 is 2.41 bits per heavy atom. The molecule has 0 unspecified atom stereocenters. The second-order valence-electron chi connectivity index (χ2n) is 6.57. The molecule has 0 heterocycles. The highest BCUT2D eigenvalue weighted by Crippen LogP contribution is 2.07. The van der Waals surface area contributed by atoms with Gasteiger partial charge in [-0.3, -0.25) is 4.79 Å². The number of aliphatic hydroxyl groups is 1. The minimum atomic E-state index is -1.10. The van der Waals surface area contributed by atoms with Crippen LogP contribution in [0.5, 0.6) is 0 Å². The molecule has 150 valence electrons. The molecule has 0 aromatic heterocycles. The molecule has 0 saturated heterocycles. The van der Waals surface area contributed by atoms with Gasteiger partial charge in [-0.2, -0.15) is 0 Å². The van der Waals surface area contributed by atoms with Gasteiger partial charge in [-0.05, 0) is 17.9 Å². The van der Waals surface area contributed by atoms with E-state index in [1.165, 1.54) is 7.11 Å². The van der Waals surface area contributed by atoms with Gasteiger partial charge in [0.1, 0.15) is 12.6 Å². The van der Waals surface area contributed by atoms with E-state index < -0.39 is 30.1 Å². The molecule has 0 spiro atoms. The fraction of sp³-hybridized carbons (Fsp3) is 0.526. The Balaban J connectivity index is 2.33. The molecule has 1 aromatic rings. The highest BCUT2D eigenvalue weighted by atomic mass is 16.5. The van der Waals surface area contributed by atoms with Gasteiger partial charge in [0.2, 0.25) is 5.91 Å². The summed E-state index contributed by atoms with van der Waals surface area (Å²) < 4.78 is 9.69. The van der Waals surface area contributed by atoms with Gasteiger partial charge in [0.25, 0.3) is 0 Å². The van der Waals surface area contributed by atoms with Crippen molar-refractivity contribution in [2.75, 3.05) is 13.7 Å². The van der Waals surface area contributed by atoms with E-state index in [-0.39, 0.29) is 25.5 Å². The highest BCUT2D eigenvalue weighted by molar-refractivity contribution is 5.84. The van der Waals surface area contributed by atoms with Crippen molar-refractivity contribution >= 4 is 18.0 Å². The van der Waals surface area contributed by atoms with Gasteiger partial charge in [0, 0.05) is 6.54 Å². The van der Waals surface area contributed by atoms with Gasteiger partial charge in [0.05, 0.1) is 19.6 Å². The van der Waals surface area contributed by atoms with Crippen molar-refractivity contribution in [1.82, 2.24) is 10.6 Å². The van der Waals surface area contributed by atoms with Crippen LogP contribution in [0.4, 0.5) is 4.79 Å². The molecule has 3 N–H and O–H groups in total. The number of ether oxygens (including phenoxy) is 2. The summed E-state index contributed by atoms with van der Waals surface area (Å²) in [7, 11) is 1.25. The van der Waals surface area contributed by atoms with Crippen molar-refractivity contribution in [3.8, 4) is 0 Å².